The molecular formula is C24H23N5O. The second-order valence-corrected chi connectivity index (χ2v) is 7.29. The average Bonchev–Trinajstić information content (AvgIpc) is 3.14. The minimum atomic E-state index is -0.384. The van der Waals surface area contributed by atoms with Crippen LogP contribution in [0.4, 0.5) is 0 Å². The molecule has 4 aromatic rings. The highest BCUT2D eigenvalue weighted by Crippen LogP contribution is 2.21. The maximum Gasteiger partial charge on any atom is 0.274 e. The molecule has 30 heavy (non-hydrogen) atoms. The maximum absolute atomic E-state index is 13.2. The Morgan fingerprint density at radius 1 is 0.933 bits per heavy atom. The van der Waals surface area contributed by atoms with Crippen molar-refractivity contribution in [2.75, 3.05) is 0 Å². The number of nitrogens with one attached hydrogen (secondary N) is 1. The number of benzene rings is 2. The molecule has 0 radical (unpaired) electrons. The molecule has 0 aliphatic carbocycles. The van der Waals surface area contributed by atoms with Gasteiger partial charge in [-0.1, -0.05) is 54.1 Å². The van der Waals surface area contributed by atoms with E-state index in [-0.39, 0.29) is 11.9 Å². The molecule has 1 amide bonds. The Labute approximate surface area is 175 Å². The Bertz CT molecular complexity index is 1130. The molecule has 1 atom stereocenters. The lowest BCUT2D eigenvalue weighted by Gasteiger charge is -2.18. The van der Waals surface area contributed by atoms with Crippen LogP contribution in [-0.2, 0) is 0 Å². The first-order valence-electron chi connectivity index (χ1n) is 9.81. The van der Waals surface area contributed by atoms with Gasteiger partial charge in [0.15, 0.2) is 5.69 Å². The first-order valence-corrected chi connectivity index (χ1v) is 9.81. The van der Waals surface area contributed by atoms with Crippen molar-refractivity contribution in [1.82, 2.24) is 25.3 Å². The number of amides is 1. The van der Waals surface area contributed by atoms with Gasteiger partial charge in [0.05, 0.1) is 23.1 Å². The number of rotatable bonds is 5. The summed E-state index contributed by atoms with van der Waals surface area (Å²) in [7, 11) is 0. The van der Waals surface area contributed by atoms with Crippen LogP contribution in [0.5, 0.6) is 0 Å². The molecule has 6 heteroatoms. The molecule has 0 saturated carbocycles. The molecule has 0 aliphatic rings. The second kappa shape index (κ2) is 8.29. The summed E-state index contributed by atoms with van der Waals surface area (Å²) in [6.45, 7) is 5.84. The molecule has 0 saturated heterocycles. The van der Waals surface area contributed by atoms with Gasteiger partial charge in [0.1, 0.15) is 0 Å². The summed E-state index contributed by atoms with van der Waals surface area (Å²) in [5.74, 6) is -0.289. The van der Waals surface area contributed by atoms with E-state index in [1.165, 1.54) is 10.4 Å². The zero-order valence-electron chi connectivity index (χ0n) is 17.2. The number of hydrogen-bond acceptors (Lipinski definition) is 4. The van der Waals surface area contributed by atoms with Crippen LogP contribution < -0.4 is 5.32 Å². The average molecular weight is 397 g/mol. The Balaban J connectivity index is 1.66. The molecule has 0 aliphatic heterocycles. The molecule has 0 spiro atoms. The van der Waals surface area contributed by atoms with E-state index in [1.807, 2.05) is 74.5 Å². The van der Waals surface area contributed by atoms with Crippen molar-refractivity contribution < 1.29 is 4.79 Å². The van der Waals surface area contributed by atoms with Crippen LogP contribution in [0.3, 0.4) is 0 Å². The fraction of sp³-hybridized carbons (Fsp3) is 0.167. The Kier molecular flexibility index (Phi) is 5.39. The van der Waals surface area contributed by atoms with Crippen molar-refractivity contribution in [1.29, 1.82) is 0 Å². The molecule has 1 unspecified atom stereocenters. The highest BCUT2D eigenvalue weighted by molar-refractivity contribution is 5.93. The lowest BCUT2D eigenvalue weighted by atomic mass is 10.0. The minimum absolute atomic E-state index is 0.289. The van der Waals surface area contributed by atoms with Crippen molar-refractivity contribution in [3.63, 3.8) is 0 Å². The molecule has 2 aromatic heterocycles. The van der Waals surface area contributed by atoms with Gasteiger partial charge in [-0.3, -0.25) is 9.78 Å². The lowest BCUT2D eigenvalue weighted by molar-refractivity contribution is 0.0936. The third-order valence-electron chi connectivity index (χ3n) is 4.96. The first-order chi connectivity index (χ1) is 14.5. The largest absolute Gasteiger partial charge is 0.338 e. The van der Waals surface area contributed by atoms with E-state index in [0.29, 0.717) is 11.4 Å². The van der Waals surface area contributed by atoms with E-state index in [0.717, 1.165) is 22.5 Å². The monoisotopic (exact) mass is 397 g/mol. The third kappa shape index (κ3) is 3.98. The number of aromatic nitrogens is 4. The van der Waals surface area contributed by atoms with Gasteiger partial charge in [-0.25, -0.2) is 0 Å². The van der Waals surface area contributed by atoms with Crippen molar-refractivity contribution in [2.45, 2.75) is 26.8 Å². The Morgan fingerprint density at radius 3 is 2.40 bits per heavy atom. The highest BCUT2D eigenvalue weighted by Gasteiger charge is 2.23. The van der Waals surface area contributed by atoms with E-state index >= 15 is 0 Å². The third-order valence-corrected chi connectivity index (χ3v) is 4.96. The van der Waals surface area contributed by atoms with Crippen molar-refractivity contribution in [3.05, 3.63) is 107 Å². The maximum atomic E-state index is 13.2. The smallest absolute Gasteiger partial charge is 0.274 e. The van der Waals surface area contributed by atoms with Gasteiger partial charge in [-0.15, -0.1) is 5.10 Å². The molecule has 4 rings (SSSR count). The fourth-order valence-electron chi connectivity index (χ4n) is 3.45. The van der Waals surface area contributed by atoms with Gasteiger partial charge < -0.3 is 5.32 Å². The number of nitrogens with zero attached hydrogens (tertiary/aromatic N) is 4. The Hall–Kier alpha value is -3.80. The summed E-state index contributed by atoms with van der Waals surface area (Å²) in [6.07, 6.45) is 1.72. The summed E-state index contributed by atoms with van der Waals surface area (Å²) in [5.41, 5.74) is 5.64. The quantitative estimate of drug-likeness (QED) is 0.550. The van der Waals surface area contributed by atoms with Crippen molar-refractivity contribution >= 4 is 5.91 Å². The topological polar surface area (TPSA) is 72.7 Å². The van der Waals surface area contributed by atoms with Crippen LogP contribution in [0.15, 0.2) is 72.9 Å². The molecule has 2 heterocycles. The van der Waals surface area contributed by atoms with Gasteiger partial charge >= 0.3 is 0 Å². The van der Waals surface area contributed by atoms with E-state index < -0.39 is 0 Å². The molecule has 0 fully saturated rings. The van der Waals surface area contributed by atoms with Gasteiger partial charge in [0, 0.05) is 6.20 Å². The number of hydrogen-bond donors (Lipinski definition) is 1. The molecule has 2 aromatic carbocycles. The number of carbonyl (C=O) groups is 1. The second-order valence-electron chi connectivity index (χ2n) is 7.29. The summed E-state index contributed by atoms with van der Waals surface area (Å²) in [6, 6.07) is 21.1. The standard InChI is InChI=1S/C24H23N5O/c1-16-12-13-21(17(2)15-16)29-27-18(3)22(28-29)24(30)26-23(19-9-5-4-6-10-19)20-11-7-8-14-25-20/h4-15,23H,1-3H3,(H,26,30). The van der Waals surface area contributed by atoms with E-state index in [1.54, 1.807) is 13.1 Å². The van der Waals surface area contributed by atoms with Crippen LogP contribution in [0.25, 0.3) is 5.69 Å². The van der Waals surface area contributed by atoms with Crippen LogP contribution >= 0.6 is 0 Å². The summed E-state index contributed by atoms with van der Waals surface area (Å²) >= 11 is 0. The fourth-order valence-corrected chi connectivity index (χ4v) is 3.45. The number of aryl methyl sites for hydroxylation is 3. The van der Waals surface area contributed by atoms with Gasteiger partial charge in [-0.2, -0.15) is 9.90 Å². The molecule has 6 nitrogen and oxygen atoms in total. The lowest BCUT2D eigenvalue weighted by Crippen LogP contribution is -2.30. The van der Waals surface area contributed by atoms with Crippen molar-refractivity contribution in [3.8, 4) is 5.69 Å². The highest BCUT2D eigenvalue weighted by atomic mass is 16.2. The molecular weight excluding hydrogens is 374 g/mol. The SMILES string of the molecule is Cc1ccc(-n2nc(C)c(C(=O)NC(c3ccccc3)c3ccccn3)n2)c(C)c1. The van der Waals surface area contributed by atoms with Crippen LogP contribution in [-0.4, -0.2) is 25.9 Å². The Morgan fingerprint density at radius 2 is 1.70 bits per heavy atom. The number of carbonyl (C=O) groups excluding carboxylic acids is 1. The predicted molar refractivity (Wildman–Crippen MR) is 116 cm³/mol. The summed E-state index contributed by atoms with van der Waals surface area (Å²) in [5, 5.41) is 12.0. The minimum Gasteiger partial charge on any atom is -0.338 e. The molecule has 1 N–H and O–H groups in total. The van der Waals surface area contributed by atoms with E-state index in [9.17, 15) is 4.79 Å². The van der Waals surface area contributed by atoms with E-state index in [4.69, 9.17) is 0 Å². The van der Waals surface area contributed by atoms with Crippen LogP contribution in [0, 0.1) is 20.8 Å². The van der Waals surface area contributed by atoms with Crippen LogP contribution in [0.2, 0.25) is 0 Å². The van der Waals surface area contributed by atoms with Gasteiger partial charge in [0.25, 0.3) is 5.91 Å². The zero-order valence-corrected chi connectivity index (χ0v) is 17.2. The van der Waals surface area contributed by atoms with Crippen molar-refractivity contribution in [2.24, 2.45) is 0 Å². The van der Waals surface area contributed by atoms with E-state index in [2.05, 4.69) is 26.6 Å². The predicted octanol–water partition coefficient (Wildman–Crippen LogP) is 4.11. The molecule has 0 bridgehead atoms. The number of pyridine rings is 1. The molecule has 150 valence electrons. The van der Waals surface area contributed by atoms with Gasteiger partial charge in [0.2, 0.25) is 0 Å². The summed E-state index contributed by atoms with van der Waals surface area (Å²) < 4.78 is 0. The van der Waals surface area contributed by atoms with Gasteiger partial charge in [-0.05, 0) is 50.1 Å². The normalized spacial score (nSPS) is 11.8. The zero-order chi connectivity index (χ0) is 21.1. The summed E-state index contributed by atoms with van der Waals surface area (Å²) in [4.78, 5) is 19.1. The van der Waals surface area contributed by atoms with Crippen LogP contribution in [0.1, 0.15) is 44.6 Å². The first kappa shape index (κ1) is 19.5.